The zero-order valence-electron chi connectivity index (χ0n) is 9.10. The number of phenolic OH excluding ortho intramolecular Hbond substituents is 1. The second-order valence-corrected chi connectivity index (χ2v) is 4.77. The van der Waals surface area contributed by atoms with Gasteiger partial charge >= 0.3 is 0 Å². The van der Waals surface area contributed by atoms with E-state index in [0.717, 1.165) is 17.3 Å². The number of methoxy groups -OCH3 is 1. The van der Waals surface area contributed by atoms with Gasteiger partial charge in [-0.1, -0.05) is 17.8 Å². The first-order valence-electron chi connectivity index (χ1n) is 4.97. The van der Waals surface area contributed by atoms with Crippen LogP contribution in [0, 0.1) is 0 Å². The number of rotatable bonds is 3. The molecule has 1 aromatic carbocycles. The summed E-state index contributed by atoms with van der Waals surface area (Å²) in [7, 11) is 1.46. The summed E-state index contributed by atoms with van der Waals surface area (Å²) in [6.45, 7) is 0. The van der Waals surface area contributed by atoms with Crippen LogP contribution in [0.5, 0.6) is 11.5 Å². The van der Waals surface area contributed by atoms with Crippen LogP contribution >= 0.6 is 11.8 Å². The molecule has 0 saturated carbocycles. The second kappa shape index (κ2) is 4.67. The van der Waals surface area contributed by atoms with Crippen LogP contribution in [0.4, 0.5) is 4.79 Å². The molecule has 0 aliphatic carbocycles. The molecular weight excluding hydrogens is 242 g/mol. The molecule has 0 radical (unpaired) electrons. The van der Waals surface area contributed by atoms with E-state index in [-0.39, 0.29) is 16.9 Å². The average Bonchev–Trinajstić information content (AvgIpc) is 2.60. The highest BCUT2D eigenvalue weighted by Gasteiger charge is 2.31. The number of ether oxygens (including phenoxy) is 1. The van der Waals surface area contributed by atoms with Gasteiger partial charge in [0.1, 0.15) is 0 Å². The van der Waals surface area contributed by atoms with Crippen molar-refractivity contribution in [2.24, 2.45) is 0 Å². The molecule has 1 aliphatic heterocycles. The number of nitrogens with one attached hydrogen (secondary N) is 1. The summed E-state index contributed by atoms with van der Waals surface area (Å²) >= 11 is 0.983. The van der Waals surface area contributed by atoms with E-state index >= 15 is 0 Å². The number of phenols is 1. The van der Waals surface area contributed by atoms with Crippen molar-refractivity contribution in [1.82, 2.24) is 5.32 Å². The number of benzene rings is 1. The smallest absolute Gasteiger partial charge is 0.286 e. The van der Waals surface area contributed by atoms with Gasteiger partial charge in [-0.15, -0.1) is 0 Å². The second-order valence-electron chi connectivity index (χ2n) is 3.59. The number of thioether (sulfide) groups is 1. The first-order chi connectivity index (χ1) is 8.10. The van der Waals surface area contributed by atoms with Crippen molar-refractivity contribution in [3.8, 4) is 11.5 Å². The van der Waals surface area contributed by atoms with Gasteiger partial charge in [0.15, 0.2) is 11.5 Å². The summed E-state index contributed by atoms with van der Waals surface area (Å²) in [6.07, 6.45) is 0.429. The Morgan fingerprint density at radius 1 is 1.47 bits per heavy atom. The van der Waals surface area contributed by atoms with Gasteiger partial charge in [0.25, 0.3) is 5.24 Å². The van der Waals surface area contributed by atoms with E-state index in [9.17, 15) is 14.7 Å². The minimum atomic E-state index is -0.406. The summed E-state index contributed by atoms with van der Waals surface area (Å²) in [5.74, 6) is 0.139. The molecule has 5 nitrogen and oxygen atoms in total. The summed E-state index contributed by atoms with van der Waals surface area (Å²) in [6, 6.07) is 4.87. The third-order valence-electron chi connectivity index (χ3n) is 2.43. The SMILES string of the molecule is COc1cc(CC2SC(=O)NC2=O)ccc1O. The quantitative estimate of drug-likeness (QED) is 0.849. The summed E-state index contributed by atoms with van der Waals surface area (Å²) < 4.78 is 4.97. The zero-order valence-corrected chi connectivity index (χ0v) is 9.91. The maximum absolute atomic E-state index is 11.4. The van der Waals surface area contributed by atoms with E-state index in [2.05, 4.69) is 5.32 Å². The standard InChI is InChI=1S/C11H11NO4S/c1-16-8-4-6(2-3-7(8)13)5-9-10(14)12-11(15)17-9/h2-4,9,13H,5H2,1H3,(H,12,14,15). The Morgan fingerprint density at radius 3 is 2.82 bits per heavy atom. The highest BCUT2D eigenvalue weighted by Crippen LogP contribution is 2.29. The van der Waals surface area contributed by atoms with Crippen LogP contribution in [0.1, 0.15) is 5.56 Å². The third kappa shape index (κ3) is 2.52. The lowest BCUT2D eigenvalue weighted by atomic mass is 10.1. The molecule has 90 valence electrons. The van der Waals surface area contributed by atoms with Crippen molar-refractivity contribution in [2.75, 3.05) is 7.11 Å². The monoisotopic (exact) mass is 253 g/mol. The first-order valence-corrected chi connectivity index (χ1v) is 5.85. The molecule has 1 heterocycles. The molecule has 0 aromatic heterocycles. The Kier molecular flexibility index (Phi) is 3.23. The lowest BCUT2D eigenvalue weighted by Crippen LogP contribution is -2.25. The molecule has 0 bridgehead atoms. The van der Waals surface area contributed by atoms with Gasteiger partial charge in [-0.05, 0) is 24.1 Å². The molecule has 1 aromatic rings. The number of aromatic hydroxyl groups is 1. The molecule has 17 heavy (non-hydrogen) atoms. The van der Waals surface area contributed by atoms with E-state index in [4.69, 9.17) is 4.74 Å². The lowest BCUT2D eigenvalue weighted by Gasteiger charge is -2.08. The lowest BCUT2D eigenvalue weighted by molar-refractivity contribution is -0.118. The van der Waals surface area contributed by atoms with E-state index in [1.807, 2.05) is 0 Å². The van der Waals surface area contributed by atoms with Gasteiger partial charge in [0.05, 0.1) is 12.4 Å². The van der Waals surface area contributed by atoms with Crippen LogP contribution in [-0.4, -0.2) is 28.6 Å². The fourth-order valence-corrected chi connectivity index (χ4v) is 2.45. The number of imide groups is 1. The van der Waals surface area contributed by atoms with Crippen molar-refractivity contribution in [3.05, 3.63) is 23.8 Å². The first kappa shape index (κ1) is 11.8. The van der Waals surface area contributed by atoms with Gasteiger partial charge in [0.2, 0.25) is 5.91 Å². The molecule has 1 aliphatic rings. The van der Waals surface area contributed by atoms with Crippen LogP contribution in [0.15, 0.2) is 18.2 Å². The molecule has 0 spiro atoms. The average molecular weight is 253 g/mol. The Labute approximate surface area is 102 Å². The van der Waals surface area contributed by atoms with E-state index in [1.54, 1.807) is 12.1 Å². The van der Waals surface area contributed by atoms with Crippen molar-refractivity contribution in [3.63, 3.8) is 0 Å². The van der Waals surface area contributed by atoms with Crippen molar-refractivity contribution in [2.45, 2.75) is 11.7 Å². The zero-order chi connectivity index (χ0) is 12.4. The predicted octanol–water partition coefficient (Wildman–Crippen LogP) is 1.29. The van der Waals surface area contributed by atoms with Gasteiger partial charge in [0, 0.05) is 0 Å². The highest BCUT2D eigenvalue weighted by atomic mass is 32.2. The number of carbonyl (C=O) groups is 2. The van der Waals surface area contributed by atoms with Gasteiger partial charge < -0.3 is 9.84 Å². The number of carbonyl (C=O) groups excluding carboxylic acids is 2. The van der Waals surface area contributed by atoms with Crippen molar-refractivity contribution in [1.29, 1.82) is 0 Å². The molecule has 2 rings (SSSR count). The topological polar surface area (TPSA) is 75.6 Å². The third-order valence-corrected chi connectivity index (χ3v) is 3.41. The van der Waals surface area contributed by atoms with E-state index < -0.39 is 5.25 Å². The largest absolute Gasteiger partial charge is 0.504 e. The Balaban J connectivity index is 2.14. The molecule has 1 unspecified atom stereocenters. The van der Waals surface area contributed by atoms with Crippen LogP contribution in [-0.2, 0) is 11.2 Å². The molecular formula is C11H11NO4S. The van der Waals surface area contributed by atoms with Gasteiger partial charge in [-0.3, -0.25) is 14.9 Å². The Morgan fingerprint density at radius 2 is 2.24 bits per heavy atom. The summed E-state index contributed by atoms with van der Waals surface area (Å²) in [4.78, 5) is 22.4. The van der Waals surface area contributed by atoms with E-state index in [0.29, 0.717) is 12.2 Å². The minimum Gasteiger partial charge on any atom is -0.504 e. The van der Waals surface area contributed by atoms with Crippen LogP contribution in [0.2, 0.25) is 0 Å². The highest BCUT2D eigenvalue weighted by molar-refractivity contribution is 8.15. The van der Waals surface area contributed by atoms with E-state index in [1.165, 1.54) is 13.2 Å². The number of amides is 2. The summed E-state index contributed by atoms with van der Waals surface area (Å²) in [5.41, 5.74) is 0.835. The fourth-order valence-electron chi connectivity index (χ4n) is 1.59. The number of hydrogen-bond acceptors (Lipinski definition) is 5. The molecule has 2 N–H and O–H groups in total. The van der Waals surface area contributed by atoms with Gasteiger partial charge in [-0.2, -0.15) is 0 Å². The normalized spacial score (nSPS) is 19.2. The Bertz CT molecular complexity index is 475. The van der Waals surface area contributed by atoms with Crippen LogP contribution < -0.4 is 10.1 Å². The fraction of sp³-hybridized carbons (Fsp3) is 0.273. The molecule has 2 amide bonds. The Hall–Kier alpha value is -1.69. The molecule has 1 atom stereocenters. The van der Waals surface area contributed by atoms with Crippen LogP contribution in [0.3, 0.4) is 0 Å². The molecule has 1 saturated heterocycles. The van der Waals surface area contributed by atoms with Crippen LogP contribution in [0.25, 0.3) is 0 Å². The predicted molar refractivity (Wildman–Crippen MR) is 63.3 cm³/mol. The number of hydrogen-bond donors (Lipinski definition) is 2. The van der Waals surface area contributed by atoms with Gasteiger partial charge in [-0.25, -0.2) is 0 Å². The maximum atomic E-state index is 11.4. The molecule has 6 heteroatoms. The minimum absolute atomic E-state index is 0.0517. The van der Waals surface area contributed by atoms with Crippen molar-refractivity contribution < 1.29 is 19.4 Å². The summed E-state index contributed by atoms with van der Waals surface area (Å²) in [5, 5.41) is 10.9. The maximum Gasteiger partial charge on any atom is 0.286 e. The van der Waals surface area contributed by atoms with Crippen molar-refractivity contribution >= 4 is 22.9 Å². The molecule has 1 fully saturated rings.